The van der Waals surface area contributed by atoms with Crippen LogP contribution in [-0.4, -0.2) is 41.5 Å². The first-order valence-electron chi connectivity index (χ1n) is 7.31. The van der Waals surface area contributed by atoms with Gasteiger partial charge in [-0.05, 0) is 26.0 Å². The monoisotopic (exact) mass is 407 g/mol. The molecule has 1 atom stereocenters. The van der Waals surface area contributed by atoms with E-state index in [9.17, 15) is 4.79 Å². The van der Waals surface area contributed by atoms with Gasteiger partial charge in [0, 0.05) is 36.3 Å². The van der Waals surface area contributed by atoms with Gasteiger partial charge in [-0.2, -0.15) is 0 Å². The van der Waals surface area contributed by atoms with Crippen LogP contribution < -0.4 is 5.32 Å². The number of halogens is 3. The Morgan fingerprint density at radius 1 is 1.42 bits per heavy atom. The molecule has 1 N–H and O–H groups in total. The highest BCUT2D eigenvalue weighted by atomic mass is 35.5. The molecule has 1 aliphatic heterocycles. The molecule has 0 spiro atoms. The number of hydrogen-bond donors (Lipinski definition) is 1. The lowest BCUT2D eigenvalue weighted by Gasteiger charge is -2.33. The van der Waals surface area contributed by atoms with Gasteiger partial charge in [0.05, 0.1) is 5.69 Å². The van der Waals surface area contributed by atoms with E-state index in [2.05, 4.69) is 17.2 Å². The zero-order valence-electron chi connectivity index (χ0n) is 13.4. The zero-order chi connectivity index (χ0) is 15.7. The molecule has 3 rings (SSSR count). The number of amides is 1. The predicted molar refractivity (Wildman–Crippen MR) is 105 cm³/mol. The van der Waals surface area contributed by atoms with E-state index in [0.29, 0.717) is 5.02 Å². The summed E-state index contributed by atoms with van der Waals surface area (Å²) in [5.41, 5.74) is 1.74. The van der Waals surface area contributed by atoms with Gasteiger partial charge >= 0.3 is 0 Å². The Balaban J connectivity index is 0.00000144. The fourth-order valence-electron chi connectivity index (χ4n) is 2.61. The number of rotatable bonds is 2. The molecule has 4 nitrogen and oxygen atoms in total. The second kappa shape index (κ2) is 9.02. The number of carbonyl (C=O) groups excluding carboxylic acids is 1. The van der Waals surface area contributed by atoms with E-state index in [-0.39, 0.29) is 36.8 Å². The number of hydrogen-bond acceptors (Lipinski definition) is 4. The van der Waals surface area contributed by atoms with Crippen molar-refractivity contribution in [2.24, 2.45) is 0 Å². The normalized spacial score (nSPS) is 17.0. The average molecular weight is 409 g/mol. The van der Waals surface area contributed by atoms with E-state index in [1.54, 1.807) is 0 Å². The average Bonchev–Trinajstić information content (AvgIpc) is 2.89. The molecule has 24 heavy (non-hydrogen) atoms. The van der Waals surface area contributed by atoms with Crippen LogP contribution in [0.2, 0.25) is 5.02 Å². The highest BCUT2D eigenvalue weighted by Crippen LogP contribution is 2.30. The zero-order valence-corrected chi connectivity index (χ0v) is 16.6. The summed E-state index contributed by atoms with van der Waals surface area (Å²) < 4.78 is 0. The highest BCUT2D eigenvalue weighted by Gasteiger charge is 2.27. The van der Waals surface area contributed by atoms with Crippen molar-refractivity contribution in [3.63, 3.8) is 0 Å². The minimum atomic E-state index is 0. The van der Waals surface area contributed by atoms with Crippen molar-refractivity contribution in [3.8, 4) is 10.6 Å². The van der Waals surface area contributed by atoms with Crippen molar-refractivity contribution in [2.75, 3.05) is 19.6 Å². The van der Waals surface area contributed by atoms with Crippen LogP contribution in [0.3, 0.4) is 0 Å². The third-order valence-electron chi connectivity index (χ3n) is 3.82. The first kappa shape index (κ1) is 21.2. The Morgan fingerprint density at radius 3 is 2.83 bits per heavy atom. The van der Waals surface area contributed by atoms with Crippen LogP contribution in [0.15, 0.2) is 24.3 Å². The van der Waals surface area contributed by atoms with Crippen LogP contribution in [-0.2, 0) is 0 Å². The molecular formula is C16H20Cl3N3OS. The van der Waals surface area contributed by atoms with Gasteiger partial charge in [-0.15, -0.1) is 36.2 Å². The summed E-state index contributed by atoms with van der Waals surface area (Å²) in [7, 11) is 0. The number of benzene rings is 1. The summed E-state index contributed by atoms with van der Waals surface area (Å²) in [5, 5.41) is 4.82. The fraction of sp³-hybridized carbons (Fsp3) is 0.375. The van der Waals surface area contributed by atoms with Crippen molar-refractivity contribution in [1.29, 1.82) is 0 Å². The molecule has 1 aromatic carbocycles. The lowest BCUT2D eigenvalue weighted by Crippen LogP contribution is -2.52. The second-order valence-corrected chi connectivity index (χ2v) is 6.93. The standard InChI is InChI=1S/C16H18ClN3OS.2ClH/c1-10-9-18-6-7-20(10)16(21)14-11(2)19-15(22-14)12-4-3-5-13(17)8-12;;/h3-5,8,10,18H,6-7,9H2,1-2H3;2*1H/t10-;;/m0../s1. The summed E-state index contributed by atoms with van der Waals surface area (Å²) in [4.78, 5) is 20.0. The number of carbonyl (C=O) groups is 1. The minimum absolute atomic E-state index is 0. The molecule has 1 saturated heterocycles. The van der Waals surface area contributed by atoms with E-state index >= 15 is 0 Å². The van der Waals surface area contributed by atoms with Gasteiger partial charge in [0.15, 0.2) is 0 Å². The van der Waals surface area contributed by atoms with Gasteiger partial charge in [0.25, 0.3) is 5.91 Å². The van der Waals surface area contributed by atoms with E-state index in [1.165, 1.54) is 11.3 Å². The quantitative estimate of drug-likeness (QED) is 0.815. The number of nitrogens with zero attached hydrogens (tertiary/aromatic N) is 2. The van der Waals surface area contributed by atoms with Crippen LogP contribution in [0.5, 0.6) is 0 Å². The summed E-state index contributed by atoms with van der Waals surface area (Å²) in [6.45, 7) is 6.38. The van der Waals surface area contributed by atoms with Gasteiger partial charge in [0.2, 0.25) is 0 Å². The summed E-state index contributed by atoms with van der Waals surface area (Å²) in [6.07, 6.45) is 0. The molecule has 0 radical (unpaired) electrons. The van der Waals surface area contributed by atoms with Gasteiger partial charge < -0.3 is 10.2 Å². The maximum Gasteiger partial charge on any atom is 0.266 e. The Labute approximate surface area is 163 Å². The Morgan fingerprint density at radius 2 is 2.17 bits per heavy atom. The van der Waals surface area contributed by atoms with E-state index in [4.69, 9.17) is 11.6 Å². The van der Waals surface area contributed by atoms with Crippen LogP contribution >= 0.6 is 47.8 Å². The van der Waals surface area contributed by atoms with Crippen LogP contribution in [0.4, 0.5) is 0 Å². The van der Waals surface area contributed by atoms with Crippen LogP contribution in [0.1, 0.15) is 22.3 Å². The molecule has 1 fully saturated rings. The summed E-state index contributed by atoms with van der Waals surface area (Å²) in [5.74, 6) is 0.0808. The first-order chi connectivity index (χ1) is 10.6. The van der Waals surface area contributed by atoms with Crippen molar-refractivity contribution in [3.05, 3.63) is 39.9 Å². The number of piperazine rings is 1. The van der Waals surface area contributed by atoms with E-state index in [0.717, 1.165) is 40.8 Å². The Bertz CT molecular complexity index is 708. The largest absolute Gasteiger partial charge is 0.333 e. The molecule has 0 saturated carbocycles. The first-order valence-corrected chi connectivity index (χ1v) is 8.51. The van der Waals surface area contributed by atoms with Crippen molar-refractivity contribution in [1.82, 2.24) is 15.2 Å². The number of aryl methyl sites for hydroxylation is 1. The van der Waals surface area contributed by atoms with Gasteiger partial charge in [-0.3, -0.25) is 4.79 Å². The molecule has 1 amide bonds. The number of nitrogens with one attached hydrogen (secondary N) is 1. The van der Waals surface area contributed by atoms with Crippen LogP contribution in [0, 0.1) is 6.92 Å². The molecular weight excluding hydrogens is 389 g/mol. The third-order valence-corrected chi connectivity index (χ3v) is 5.25. The van der Waals surface area contributed by atoms with Gasteiger partial charge in [-0.1, -0.05) is 23.7 Å². The molecule has 0 unspecified atom stereocenters. The molecule has 1 aliphatic rings. The maximum absolute atomic E-state index is 12.8. The SMILES string of the molecule is Cc1nc(-c2cccc(Cl)c2)sc1C(=O)N1CCNC[C@@H]1C.Cl.Cl. The van der Waals surface area contributed by atoms with Crippen LogP contribution in [0.25, 0.3) is 10.6 Å². The number of thiazole rings is 1. The summed E-state index contributed by atoms with van der Waals surface area (Å²) >= 11 is 7.48. The summed E-state index contributed by atoms with van der Waals surface area (Å²) in [6, 6.07) is 7.78. The number of aromatic nitrogens is 1. The van der Waals surface area contributed by atoms with Gasteiger partial charge in [0.1, 0.15) is 9.88 Å². The molecule has 0 aliphatic carbocycles. The third kappa shape index (κ3) is 4.41. The predicted octanol–water partition coefficient (Wildman–Crippen LogP) is 4.05. The molecule has 2 heterocycles. The fourth-order valence-corrected chi connectivity index (χ4v) is 3.82. The second-order valence-electron chi connectivity index (χ2n) is 5.50. The topological polar surface area (TPSA) is 45.2 Å². The van der Waals surface area contributed by atoms with Crippen molar-refractivity contribution >= 4 is 53.7 Å². The molecule has 132 valence electrons. The minimum Gasteiger partial charge on any atom is -0.333 e. The highest BCUT2D eigenvalue weighted by molar-refractivity contribution is 7.17. The van der Waals surface area contributed by atoms with Gasteiger partial charge in [-0.25, -0.2) is 4.98 Å². The lowest BCUT2D eigenvalue weighted by molar-refractivity contribution is 0.0660. The van der Waals surface area contributed by atoms with Crippen molar-refractivity contribution in [2.45, 2.75) is 19.9 Å². The molecule has 8 heteroatoms. The lowest BCUT2D eigenvalue weighted by atomic mass is 10.2. The Kier molecular flexibility index (Phi) is 7.96. The molecule has 0 bridgehead atoms. The molecule has 1 aromatic heterocycles. The van der Waals surface area contributed by atoms with E-state index < -0.39 is 0 Å². The van der Waals surface area contributed by atoms with Crippen molar-refractivity contribution < 1.29 is 4.79 Å². The smallest absolute Gasteiger partial charge is 0.266 e. The van der Waals surface area contributed by atoms with E-state index in [1.807, 2.05) is 36.1 Å². The molecule has 2 aromatic rings. The maximum atomic E-state index is 12.8. The Hall–Kier alpha value is -0.850.